The molecule has 2 amide bonds. The summed E-state index contributed by atoms with van der Waals surface area (Å²) in [6.07, 6.45) is 1.61. The van der Waals surface area contributed by atoms with Gasteiger partial charge in [0, 0.05) is 11.3 Å². The van der Waals surface area contributed by atoms with E-state index in [4.69, 9.17) is 16.2 Å². The molecule has 11 nitrogen and oxygen atoms in total. The highest BCUT2D eigenvalue weighted by molar-refractivity contribution is 8.00. The molecule has 14 heteroatoms. The van der Waals surface area contributed by atoms with Crippen molar-refractivity contribution in [3.8, 4) is 0 Å². The molecule has 1 aliphatic heterocycles. The first-order chi connectivity index (χ1) is 15.3. The molecule has 32 heavy (non-hydrogen) atoms. The van der Waals surface area contributed by atoms with Crippen LogP contribution in [0.2, 0.25) is 0 Å². The second-order valence-corrected chi connectivity index (χ2v) is 10.7. The fourth-order valence-corrected chi connectivity index (χ4v) is 6.36. The van der Waals surface area contributed by atoms with Crippen LogP contribution >= 0.6 is 34.9 Å². The number of nitrogens with zero attached hydrogens (tertiary/aromatic N) is 6. The number of hydrogen-bond donors (Lipinski definition) is 2. The first kappa shape index (κ1) is 21.4. The Balaban J connectivity index is 1.81. The highest BCUT2D eigenvalue weighted by Crippen LogP contribution is 2.43. The molecular weight excluding hydrogens is 472 g/mol. The van der Waals surface area contributed by atoms with E-state index in [9.17, 15) is 9.59 Å². The van der Waals surface area contributed by atoms with E-state index in [1.54, 1.807) is 15.7 Å². The number of fused-ring (bicyclic) bond motifs is 8. The van der Waals surface area contributed by atoms with Crippen molar-refractivity contribution in [1.29, 1.82) is 0 Å². The van der Waals surface area contributed by atoms with Crippen LogP contribution in [0, 0.1) is 0 Å². The number of thiophene rings is 1. The highest BCUT2D eigenvalue weighted by Gasteiger charge is 2.34. The number of ether oxygens (including phenoxy) is 1. The fourth-order valence-electron chi connectivity index (χ4n) is 3.74. The molecule has 0 saturated heterocycles. The summed E-state index contributed by atoms with van der Waals surface area (Å²) in [5.41, 5.74) is 12.2. The summed E-state index contributed by atoms with van der Waals surface area (Å²) in [6, 6.07) is 0. The van der Waals surface area contributed by atoms with Crippen LogP contribution in [0.4, 0.5) is 0 Å². The van der Waals surface area contributed by atoms with Crippen molar-refractivity contribution in [3.05, 3.63) is 10.4 Å². The van der Waals surface area contributed by atoms with Crippen LogP contribution in [0.15, 0.2) is 10.3 Å². The SMILES string of the molecule is CC[C@@]1(C)Cc2c(sc3c2c2nnc(SCC(N)=O)n2c2nnc(SCC(N)=O)n32)CO1. The summed E-state index contributed by atoms with van der Waals surface area (Å²) in [5, 5.41) is 19.4. The molecular formula is C18H20N8O3S3. The third kappa shape index (κ3) is 3.41. The van der Waals surface area contributed by atoms with Gasteiger partial charge in [-0.1, -0.05) is 30.4 Å². The van der Waals surface area contributed by atoms with Gasteiger partial charge in [-0.2, -0.15) is 0 Å². The van der Waals surface area contributed by atoms with Gasteiger partial charge in [0.1, 0.15) is 4.83 Å². The smallest absolute Gasteiger partial charge is 0.245 e. The molecule has 4 N–H and O–H groups in total. The molecule has 0 aliphatic carbocycles. The van der Waals surface area contributed by atoms with E-state index in [1.807, 2.05) is 4.40 Å². The minimum atomic E-state index is -0.452. The molecule has 4 aromatic rings. The Hall–Kier alpha value is -2.42. The lowest BCUT2D eigenvalue weighted by molar-refractivity contribution is -0.116. The molecule has 0 radical (unpaired) electrons. The van der Waals surface area contributed by atoms with Crippen LogP contribution in [0.5, 0.6) is 0 Å². The van der Waals surface area contributed by atoms with Crippen molar-refractivity contribution in [3.63, 3.8) is 0 Å². The largest absolute Gasteiger partial charge is 0.369 e. The maximum atomic E-state index is 11.4. The van der Waals surface area contributed by atoms with E-state index in [1.165, 1.54) is 29.1 Å². The van der Waals surface area contributed by atoms with E-state index in [0.29, 0.717) is 28.3 Å². The number of carbonyl (C=O) groups is 2. The molecule has 5 rings (SSSR count). The Morgan fingerprint density at radius 1 is 1.09 bits per heavy atom. The van der Waals surface area contributed by atoms with Crippen molar-refractivity contribution in [2.24, 2.45) is 11.5 Å². The van der Waals surface area contributed by atoms with Gasteiger partial charge in [-0.05, 0) is 18.9 Å². The predicted octanol–water partition coefficient (Wildman–Crippen LogP) is 1.38. The summed E-state index contributed by atoms with van der Waals surface area (Å²) in [5.74, 6) is -0.260. The number of rotatable bonds is 7. The number of hydrogen-bond acceptors (Lipinski definition) is 10. The average molecular weight is 493 g/mol. The van der Waals surface area contributed by atoms with Gasteiger partial charge in [-0.15, -0.1) is 31.7 Å². The summed E-state index contributed by atoms with van der Waals surface area (Å²) >= 11 is 4.01. The predicted molar refractivity (Wildman–Crippen MR) is 122 cm³/mol. The molecule has 0 aromatic carbocycles. The molecule has 168 valence electrons. The van der Waals surface area contributed by atoms with Crippen LogP contribution in [0.25, 0.3) is 21.6 Å². The lowest BCUT2D eigenvalue weighted by Crippen LogP contribution is -2.33. The first-order valence-electron chi connectivity index (χ1n) is 9.84. The Morgan fingerprint density at radius 3 is 2.41 bits per heavy atom. The van der Waals surface area contributed by atoms with Crippen LogP contribution in [-0.2, 0) is 27.4 Å². The topological polar surface area (TPSA) is 156 Å². The molecule has 0 unspecified atom stereocenters. The number of primary amides is 2. The van der Waals surface area contributed by atoms with Gasteiger partial charge in [0.05, 0.1) is 29.1 Å². The van der Waals surface area contributed by atoms with Crippen LogP contribution in [-0.4, -0.2) is 58.1 Å². The van der Waals surface area contributed by atoms with Crippen molar-refractivity contribution in [1.82, 2.24) is 29.2 Å². The van der Waals surface area contributed by atoms with Crippen LogP contribution in [0.1, 0.15) is 30.7 Å². The Labute approximate surface area is 194 Å². The van der Waals surface area contributed by atoms with Gasteiger partial charge in [-0.3, -0.25) is 9.59 Å². The third-order valence-electron chi connectivity index (χ3n) is 5.49. The first-order valence-corrected chi connectivity index (χ1v) is 12.6. The zero-order valence-corrected chi connectivity index (χ0v) is 19.8. The standard InChI is InChI=1S/C18H20N8O3S3/c1-3-18(2)4-8-9(5-29-18)32-14-12(8)13-21-23-16(30-6-10(19)27)25(13)15-22-24-17(26(14)15)31-7-11(20)28/h3-7H2,1-2H3,(H2,19,27)(H2,20,28)/t18-/m0/s1. The van der Waals surface area contributed by atoms with Gasteiger partial charge in [0.2, 0.25) is 17.6 Å². The summed E-state index contributed by atoms with van der Waals surface area (Å²) in [4.78, 5) is 24.8. The molecule has 1 aliphatic rings. The maximum Gasteiger partial charge on any atom is 0.245 e. The average Bonchev–Trinajstić information content (AvgIpc) is 3.44. The maximum absolute atomic E-state index is 11.4. The van der Waals surface area contributed by atoms with Crippen LogP contribution < -0.4 is 11.5 Å². The van der Waals surface area contributed by atoms with Crippen molar-refractivity contribution in [2.75, 3.05) is 11.5 Å². The van der Waals surface area contributed by atoms with Gasteiger partial charge in [0.25, 0.3) is 0 Å². The molecule has 0 fully saturated rings. The van der Waals surface area contributed by atoms with Crippen LogP contribution in [0.3, 0.4) is 0 Å². The Morgan fingerprint density at radius 2 is 1.75 bits per heavy atom. The van der Waals surface area contributed by atoms with Gasteiger partial charge in [-0.25, -0.2) is 8.80 Å². The van der Waals surface area contributed by atoms with E-state index in [-0.39, 0.29) is 17.1 Å². The number of amides is 2. The zero-order valence-electron chi connectivity index (χ0n) is 17.3. The molecule has 1 atom stereocenters. The number of thioether (sulfide) groups is 2. The summed E-state index contributed by atoms with van der Waals surface area (Å²) in [6.45, 7) is 4.73. The Bertz CT molecular complexity index is 1390. The number of carbonyl (C=O) groups excluding carboxylic acids is 2. The van der Waals surface area contributed by atoms with Gasteiger partial charge < -0.3 is 16.2 Å². The highest BCUT2D eigenvalue weighted by atomic mass is 32.2. The van der Waals surface area contributed by atoms with Crippen molar-refractivity contribution >= 4 is 68.3 Å². The van der Waals surface area contributed by atoms with Gasteiger partial charge in [0.15, 0.2) is 16.0 Å². The zero-order chi connectivity index (χ0) is 22.6. The number of aromatic nitrogens is 6. The quantitative estimate of drug-likeness (QED) is 0.364. The van der Waals surface area contributed by atoms with E-state index in [2.05, 4.69) is 34.2 Å². The monoisotopic (exact) mass is 492 g/mol. The lowest BCUT2D eigenvalue weighted by Gasteiger charge is -2.32. The molecule has 0 bridgehead atoms. The normalized spacial score (nSPS) is 18.6. The third-order valence-corrected chi connectivity index (χ3v) is 8.58. The second-order valence-electron chi connectivity index (χ2n) is 7.72. The number of nitrogens with two attached hydrogens (primary N) is 2. The second kappa shape index (κ2) is 7.86. The van der Waals surface area contributed by atoms with E-state index >= 15 is 0 Å². The Kier molecular flexibility index (Phi) is 5.27. The minimum Gasteiger partial charge on any atom is -0.369 e. The van der Waals surface area contributed by atoms with Gasteiger partial charge >= 0.3 is 0 Å². The summed E-state index contributed by atoms with van der Waals surface area (Å²) < 4.78 is 9.86. The fraction of sp³-hybridized carbons (Fsp3) is 0.444. The van der Waals surface area contributed by atoms with E-state index in [0.717, 1.165) is 27.9 Å². The van der Waals surface area contributed by atoms with Crippen molar-refractivity contribution in [2.45, 2.75) is 49.2 Å². The summed E-state index contributed by atoms with van der Waals surface area (Å²) in [7, 11) is 0. The lowest BCUT2D eigenvalue weighted by atomic mass is 9.90. The molecule has 0 saturated carbocycles. The minimum absolute atomic E-state index is 0.0614. The molecule has 4 aromatic heterocycles. The molecule has 0 spiro atoms. The van der Waals surface area contributed by atoms with E-state index < -0.39 is 11.8 Å². The molecule has 5 heterocycles. The van der Waals surface area contributed by atoms with Crippen molar-refractivity contribution < 1.29 is 14.3 Å².